The predicted molar refractivity (Wildman–Crippen MR) is 91.1 cm³/mol. The fourth-order valence-corrected chi connectivity index (χ4v) is 3.14. The van der Waals surface area contributed by atoms with Gasteiger partial charge >= 0.3 is 0 Å². The topological polar surface area (TPSA) is 66.5 Å². The Kier molecular flexibility index (Phi) is 5.18. The summed E-state index contributed by atoms with van der Waals surface area (Å²) in [4.78, 5) is 11.9. The van der Waals surface area contributed by atoms with Crippen LogP contribution in [0.15, 0.2) is 53.4 Å². The molecule has 23 heavy (non-hydrogen) atoms. The first-order valence-electron chi connectivity index (χ1n) is 7.17. The molecule has 0 aliphatic heterocycles. The minimum atomic E-state index is -3.45. The van der Waals surface area contributed by atoms with Gasteiger partial charge in [0.15, 0.2) is 5.78 Å². The van der Waals surface area contributed by atoms with E-state index in [2.05, 4.69) is 5.32 Å². The third-order valence-electron chi connectivity index (χ3n) is 3.47. The highest BCUT2D eigenvalue weighted by Crippen LogP contribution is 2.19. The van der Waals surface area contributed by atoms with E-state index in [1.807, 2.05) is 24.3 Å². The van der Waals surface area contributed by atoms with Crippen LogP contribution >= 0.6 is 0 Å². The van der Waals surface area contributed by atoms with Crippen molar-refractivity contribution in [2.45, 2.75) is 18.4 Å². The molecule has 5 nitrogen and oxygen atoms in total. The Morgan fingerprint density at radius 2 is 1.78 bits per heavy atom. The van der Waals surface area contributed by atoms with E-state index in [0.29, 0.717) is 12.1 Å². The molecule has 1 N–H and O–H groups in total. The lowest BCUT2D eigenvalue weighted by Crippen LogP contribution is -2.22. The van der Waals surface area contributed by atoms with Gasteiger partial charge in [0.2, 0.25) is 10.0 Å². The van der Waals surface area contributed by atoms with Crippen LogP contribution in [-0.2, 0) is 16.6 Å². The van der Waals surface area contributed by atoms with E-state index >= 15 is 0 Å². The fourth-order valence-electron chi connectivity index (χ4n) is 2.17. The van der Waals surface area contributed by atoms with Crippen molar-refractivity contribution in [3.63, 3.8) is 0 Å². The molecule has 122 valence electrons. The molecule has 0 atom stereocenters. The van der Waals surface area contributed by atoms with Crippen LogP contribution in [0, 0.1) is 0 Å². The highest BCUT2D eigenvalue weighted by atomic mass is 32.2. The van der Waals surface area contributed by atoms with Crippen LogP contribution in [0.2, 0.25) is 0 Å². The van der Waals surface area contributed by atoms with Crippen molar-refractivity contribution < 1.29 is 13.2 Å². The van der Waals surface area contributed by atoms with Gasteiger partial charge in [-0.25, -0.2) is 12.7 Å². The number of nitrogens with zero attached hydrogens (tertiary/aromatic N) is 1. The second kappa shape index (κ2) is 6.93. The van der Waals surface area contributed by atoms with Gasteiger partial charge in [0.1, 0.15) is 0 Å². The normalized spacial score (nSPS) is 11.5. The molecular formula is C17H20N2O3S. The Balaban J connectivity index is 2.22. The molecule has 0 unspecified atom stereocenters. The highest BCUT2D eigenvalue weighted by Gasteiger charge is 2.17. The number of benzene rings is 2. The van der Waals surface area contributed by atoms with Gasteiger partial charge in [-0.05, 0) is 36.8 Å². The maximum Gasteiger partial charge on any atom is 0.242 e. The lowest BCUT2D eigenvalue weighted by atomic mass is 10.1. The van der Waals surface area contributed by atoms with Gasteiger partial charge in [-0.15, -0.1) is 0 Å². The number of carbonyl (C=O) groups is 1. The van der Waals surface area contributed by atoms with Crippen LogP contribution in [-0.4, -0.2) is 32.6 Å². The monoisotopic (exact) mass is 332 g/mol. The van der Waals surface area contributed by atoms with Crippen LogP contribution in [0.4, 0.5) is 5.69 Å². The zero-order valence-electron chi connectivity index (χ0n) is 13.4. The van der Waals surface area contributed by atoms with E-state index in [0.717, 1.165) is 11.3 Å². The fraction of sp³-hybridized carbons (Fsp3) is 0.235. The molecule has 0 spiro atoms. The third-order valence-corrected chi connectivity index (χ3v) is 5.28. The van der Waals surface area contributed by atoms with Gasteiger partial charge in [0.25, 0.3) is 0 Å². The van der Waals surface area contributed by atoms with Crippen molar-refractivity contribution in [2.75, 3.05) is 19.4 Å². The second-order valence-corrected chi connectivity index (χ2v) is 7.54. The molecule has 6 heteroatoms. The number of nitrogens with one attached hydrogen (secondary N) is 1. The predicted octanol–water partition coefficient (Wildman–Crippen LogP) is 2.75. The first-order chi connectivity index (χ1) is 10.8. The van der Waals surface area contributed by atoms with Crippen LogP contribution in [0.3, 0.4) is 0 Å². The lowest BCUT2D eigenvalue weighted by molar-refractivity contribution is 0.101. The highest BCUT2D eigenvalue weighted by molar-refractivity contribution is 7.89. The summed E-state index contributed by atoms with van der Waals surface area (Å²) >= 11 is 0. The molecule has 0 radical (unpaired) electrons. The SMILES string of the molecule is CC(=O)c1ccccc1NCc1cccc(S(=O)(=O)N(C)C)c1. The second-order valence-electron chi connectivity index (χ2n) is 5.39. The van der Waals surface area contributed by atoms with Crippen LogP contribution in [0.25, 0.3) is 0 Å². The van der Waals surface area contributed by atoms with Crippen molar-refractivity contribution in [1.29, 1.82) is 0 Å². The van der Waals surface area contributed by atoms with Crippen LogP contribution < -0.4 is 5.32 Å². The molecule has 0 aromatic heterocycles. The average molecular weight is 332 g/mol. The molecule has 0 aliphatic carbocycles. The summed E-state index contributed by atoms with van der Waals surface area (Å²) in [6.45, 7) is 1.95. The molecule has 0 aliphatic rings. The molecule has 2 rings (SSSR count). The number of sulfonamides is 1. The Bertz CT molecular complexity index is 814. The number of anilines is 1. The number of Topliss-reactive ketones (excluding diaryl/α,β-unsaturated/α-hetero) is 1. The summed E-state index contributed by atoms with van der Waals surface area (Å²) in [6, 6.07) is 14.0. The Morgan fingerprint density at radius 3 is 2.43 bits per heavy atom. The minimum Gasteiger partial charge on any atom is -0.380 e. The molecule has 0 fully saturated rings. The molecule has 0 amide bonds. The van der Waals surface area contributed by atoms with Crippen molar-refractivity contribution >= 4 is 21.5 Å². The molecule has 0 saturated heterocycles. The van der Waals surface area contributed by atoms with Gasteiger partial charge in [0.05, 0.1) is 4.90 Å². The number of hydrogen-bond donors (Lipinski definition) is 1. The maximum atomic E-state index is 12.2. The van der Waals surface area contributed by atoms with Gasteiger partial charge in [-0.2, -0.15) is 0 Å². The van der Waals surface area contributed by atoms with Crippen LogP contribution in [0.1, 0.15) is 22.8 Å². The smallest absolute Gasteiger partial charge is 0.242 e. The van der Waals surface area contributed by atoms with E-state index < -0.39 is 10.0 Å². The van der Waals surface area contributed by atoms with Crippen molar-refractivity contribution in [2.24, 2.45) is 0 Å². The maximum absolute atomic E-state index is 12.2. The zero-order valence-corrected chi connectivity index (χ0v) is 14.2. The lowest BCUT2D eigenvalue weighted by Gasteiger charge is -2.13. The number of hydrogen-bond acceptors (Lipinski definition) is 4. The van der Waals surface area contributed by atoms with E-state index in [1.165, 1.54) is 25.3 Å². The van der Waals surface area contributed by atoms with Gasteiger partial charge < -0.3 is 5.32 Å². The van der Waals surface area contributed by atoms with Crippen LogP contribution in [0.5, 0.6) is 0 Å². The number of ketones is 1. The van der Waals surface area contributed by atoms with Crippen molar-refractivity contribution in [1.82, 2.24) is 4.31 Å². The first-order valence-corrected chi connectivity index (χ1v) is 8.61. The summed E-state index contributed by atoms with van der Waals surface area (Å²) in [5, 5.41) is 3.19. The van der Waals surface area contributed by atoms with E-state index in [4.69, 9.17) is 0 Å². The summed E-state index contributed by atoms with van der Waals surface area (Å²) < 4.78 is 25.5. The van der Waals surface area contributed by atoms with E-state index in [9.17, 15) is 13.2 Å². The molecule has 2 aromatic rings. The largest absolute Gasteiger partial charge is 0.380 e. The van der Waals surface area contributed by atoms with E-state index in [-0.39, 0.29) is 10.7 Å². The molecule has 0 saturated carbocycles. The number of carbonyl (C=O) groups excluding carboxylic acids is 1. The summed E-state index contributed by atoms with van der Waals surface area (Å²) in [7, 11) is -0.446. The zero-order chi connectivity index (χ0) is 17.0. The molecule has 0 heterocycles. The minimum absolute atomic E-state index is 0.0166. The summed E-state index contributed by atoms with van der Waals surface area (Å²) in [6.07, 6.45) is 0. The van der Waals surface area contributed by atoms with E-state index in [1.54, 1.807) is 24.3 Å². The van der Waals surface area contributed by atoms with Crippen molar-refractivity contribution in [3.8, 4) is 0 Å². The Labute approximate surface area is 137 Å². The summed E-state index contributed by atoms with van der Waals surface area (Å²) in [5.74, 6) is -0.0166. The molecule has 2 aromatic carbocycles. The summed E-state index contributed by atoms with van der Waals surface area (Å²) in [5.41, 5.74) is 2.18. The number of rotatable bonds is 6. The molecule has 0 bridgehead atoms. The van der Waals surface area contributed by atoms with Gasteiger partial charge in [-0.3, -0.25) is 4.79 Å². The third kappa shape index (κ3) is 3.97. The number of para-hydroxylation sites is 1. The Morgan fingerprint density at radius 1 is 1.09 bits per heavy atom. The Hall–Kier alpha value is -2.18. The quantitative estimate of drug-likeness (QED) is 0.826. The molecular weight excluding hydrogens is 312 g/mol. The van der Waals surface area contributed by atoms with Gasteiger partial charge in [-0.1, -0.05) is 24.3 Å². The first kappa shape index (κ1) is 17.2. The average Bonchev–Trinajstić information content (AvgIpc) is 2.53. The van der Waals surface area contributed by atoms with Crippen molar-refractivity contribution in [3.05, 3.63) is 59.7 Å². The standard InChI is InChI=1S/C17H20N2O3S/c1-13(20)16-9-4-5-10-17(16)18-12-14-7-6-8-15(11-14)23(21,22)19(2)3/h4-11,18H,12H2,1-3H3. The van der Waals surface area contributed by atoms with Gasteiger partial charge in [0, 0.05) is 31.9 Å².